The fourth-order valence-corrected chi connectivity index (χ4v) is 3.53. The molecule has 1 amide bonds. The smallest absolute Gasteiger partial charge is 0.278 e. The lowest BCUT2D eigenvalue weighted by molar-refractivity contribution is 0.0886. The van der Waals surface area contributed by atoms with Gasteiger partial charge >= 0.3 is 0 Å². The molecule has 2 aromatic rings. The third-order valence-corrected chi connectivity index (χ3v) is 5.25. The molecule has 3 rings (SSSR count). The van der Waals surface area contributed by atoms with E-state index in [-0.39, 0.29) is 18.1 Å². The molecule has 7 heteroatoms. The van der Waals surface area contributed by atoms with Crippen LogP contribution in [0.5, 0.6) is 17.5 Å². The molecule has 0 spiro atoms. The lowest BCUT2D eigenvalue weighted by Gasteiger charge is -2.29. The maximum Gasteiger partial charge on any atom is 0.278 e. The standard InChI is InChI=1S/C23H31N3O4/c1-3-4-5-16-29-19-10-6-17(7-11-19)21(27)26-18-8-12-20(13-9-18)30-23-22(28-2)24-14-15-25-23/h6-7,10-11,14-15,18,20H,3-5,8-9,12-13,16H2,1-2H3,(H,26,27). The zero-order valence-corrected chi connectivity index (χ0v) is 17.8. The topological polar surface area (TPSA) is 82.6 Å². The number of amides is 1. The fraction of sp³-hybridized carbons (Fsp3) is 0.522. The van der Waals surface area contributed by atoms with Crippen molar-refractivity contribution in [2.24, 2.45) is 0 Å². The number of nitrogens with zero attached hydrogens (tertiary/aromatic N) is 2. The SMILES string of the molecule is CCCCCOc1ccc(C(=O)NC2CCC(Oc3nccnc3OC)CC2)cc1. The summed E-state index contributed by atoms with van der Waals surface area (Å²) in [5.74, 6) is 1.57. The Kier molecular flexibility index (Phi) is 8.30. The summed E-state index contributed by atoms with van der Waals surface area (Å²) in [7, 11) is 1.55. The molecule has 7 nitrogen and oxygen atoms in total. The number of rotatable bonds is 10. The number of aromatic nitrogens is 2. The lowest BCUT2D eigenvalue weighted by atomic mass is 9.92. The summed E-state index contributed by atoms with van der Waals surface area (Å²) in [4.78, 5) is 20.9. The number of methoxy groups -OCH3 is 1. The van der Waals surface area contributed by atoms with E-state index in [1.54, 1.807) is 19.5 Å². The molecule has 1 aliphatic carbocycles. The van der Waals surface area contributed by atoms with E-state index in [9.17, 15) is 4.79 Å². The molecule has 0 saturated heterocycles. The van der Waals surface area contributed by atoms with Crippen LogP contribution < -0.4 is 19.5 Å². The van der Waals surface area contributed by atoms with E-state index in [0.717, 1.165) is 37.9 Å². The molecule has 0 unspecified atom stereocenters. The van der Waals surface area contributed by atoms with E-state index in [1.807, 2.05) is 24.3 Å². The number of unbranched alkanes of at least 4 members (excludes halogenated alkanes) is 2. The summed E-state index contributed by atoms with van der Waals surface area (Å²) >= 11 is 0. The Bertz CT molecular complexity index is 789. The molecule has 0 bridgehead atoms. The first-order chi connectivity index (χ1) is 14.7. The van der Waals surface area contributed by atoms with E-state index in [2.05, 4.69) is 22.2 Å². The summed E-state index contributed by atoms with van der Waals surface area (Å²) < 4.78 is 16.8. The van der Waals surface area contributed by atoms with Crippen molar-refractivity contribution in [3.63, 3.8) is 0 Å². The van der Waals surface area contributed by atoms with Crippen molar-refractivity contribution in [2.75, 3.05) is 13.7 Å². The van der Waals surface area contributed by atoms with Gasteiger partial charge in [-0.25, -0.2) is 9.97 Å². The highest BCUT2D eigenvalue weighted by molar-refractivity contribution is 5.94. The van der Waals surface area contributed by atoms with Crippen molar-refractivity contribution in [3.05, 3.63) is 42.2 Å². The van der Waals surface area contributed by atoms with Crippen LogP contribution in [0.25, 0.3) is 0 Å². The molecule has 1 aromatic heterocycles. The number of hydrogen-bond acceptors (Lipinski definition) is 6. The average Bonchev–Trinajstić information content (AvgIpc) is 2.79. The molecule has 162 valence electrons. The van der Waals surface area contributed by atoms with Crippen molar-refractivity contribution in [1.29, 1.82) is 0 Å². The van der Waals surface area contributed by atoms with Crippen molar-refractivity contribution in [3.8, 4) is 17.5 Å². The first kappa shape index (κ1) is 21.9. The molecule has 0 radical (unpaired) electrons. The average molecular weight is 414 g/mol. The molecule has 1 aromatic carbocycles. The van der Waals surface area contributed by atoms with Gasteiger partial charge in [0.05, 0.1) is 13.7 Å². The summed E-state index contributed by atoms with van der Waals surface area (Å²) in [6, 6.07) is 7.50. The van der Waals surface area contributed by atoms with Gasteiger partial charge in [0.2, 0.25) is 0 Å². The van der Waals surface area contributed by atoms with Gasteiger partial charge in [-0.3, -0.25) is 4.79 Å². The van der Waals surface area contributed by atoms with Crippen LogP contribution in [0.1, 0.15) is 62.2 Å². The van der Waals surface area contributed by atoms with Crippen LogP contribution in [-0.4, -0.2) is 41.7 Å². The van der Waals surface area contributed by atoms with E-state index >= 15 is 0 Å². The van der Waals surface area contributed by atoms with Crippen LogP contribution in [-0.2, 0) is 0 Å². The predicted molar refractivity (Wildman–Crippen MR) is 114 cm³/mol. The summed E-state index contributed by atoms with van der Waals surface area (Å²) in [5, 5.41) is 3.13. The number of carbonyl (C=O) groups excluding carboxylic acids is 1. The first-order valence-corrected chi connectivity index (χ1v) is 10.7. The molecule has 1 saturated carbocycles. The van der Waals surface area contributed by atoms with Gasteiger partial charge in [0, 0.05) is 24.0 Å². The predicted octanol–water partition coefficient (Wildman–Crippen LogP) is 4.17. The minimum Gasteiger partial charge on any atom is -0.494 e. The third kappa shape index (κ3) is 6.34. The van der Waals surface area contributed by atoms with Crippen LogP contribution in [0.15, 0.2) is 36.7 Å². The van der Waals surface area contributed by atoms with Gasteiger partial charge in [0.15, 0.2) is 0 Å². The van der Waals surface area contributed by atoms with Crippen LogP contribution >= 0.6 is 0 Å². The van der Waals surface area contributed by atoms with E-state index in [0.29, 0.717) is 23.9 Å². The molecular formula is C23H31N3O4. The number of ether oxygens (including phenoxy) is 3. The fourth-order valence-electron chi connectivity index (χ4n) is 3.53. The van der Waals surface area contributed by atoms with Crippen LogP contribution in [0.4, 0.5) is 0 Å². The largest absolute Gasteiger partial charge is 0.494 e. The quantitative estimate of drug-likeness (QED) is 0.589. The Balaban J connectivity index is 1.42. The summed E-state index contributed by atoms with van der Waals surface area (Å²) in [5.41, 5.74) is 0.651. The molecule has 30 heavy (non-hydrogen) atoms. The normalized spacial score (nSPS) is 18.5. The highest BCUT2D eigenvalue weighted by Crippen LogP contribution is 2.27. The van der Waals surface area contributed by atoms with Gasteiger partial charge < -0.3 is 19.5 Å². The molecule has 0 atom stereocenters. The maximum atomic E-state index is 12.6. The second kappa shape index (κ2) is 11.4. The van der Waals surface area contributed by atoms with E-state index in [1.165, 1.54) is 12.8 Å². The Hall–Kier alpha value is -2.83. The molecule has 1 fully saturated rings. The highest BCUT2D eigenvalue weighted by Gasteiger charge is 2.25. The van der Waals surface area contributed by atoms with Gasteiger partial charge in [-0.2, -0.15) is 0 Å². The van der Waals surface area contributed by atoms with E-state index < -0.39 is 0 Å². The van der Waals surface area contributed by atoms with Crippen molar-refractivity contribution in [2.45, 2.75) is 64.0 Å². The Morgan fingerprint density at radius 1 is 1.03 bits per heavy atom. The number of nitrogens with one attached hydrogen (secondary N) is 1. The zero-order chi connectivity index (χ0) is 21.2. The van der Waals surface area contributed by atoms with Crippen LogP contribution in [0, 0.1) is 0 Å². The second-order valence-electron chi connectivity index (χ2n) is 7.52. The van der Waals surface area contributed by atoms with Crippen molar-refractivity contribution in [1.82, 2.24) is 15.3 Å². The van der Waals surface area contributed by atoms with Crippen LogP contribution in [0.3, 0.4) is 0 Å². The molecule has 1 heterocycles. The van der Waals surface area contributed by atoms with Crippen LogP contribution in [0.2, 0.25) is 0 Å². The van der Waals surface area contributed by atoms with Crippen molar-refractivity contribution >= 4 is 5.91 Å². The Morgan fingerprint density at radius 3 is 2.40 bits per heavy atom. The summed E-state index contributed by atoms with van der Waals surface area (Å²) in [6.45, 7) is 2.88. The minimum absolute atomic E-state index is 0.0486. The number of benzene rings is 1. The minimum atomic E-state index is -0.0486. The number of carbonyl (C=O) groups is 1. The second-order valence-corrected chi connectivity index (χ2v) is 7.52. The lowest BCUT2D eigenvalue weighted by Crippen LogP contribution is -2.39. The zero-order valence-electron chi connectivity index (χ0n) is 17.8. The molecule has 1 aliphatic rings. The monoisotopic (exact) mass is 413 g/mol. The Morgan fingerprint density at radius 2 is 1.73 bits per heavy atom. The highest BCUT2D eigenvalue weighted by atomic mass is 16.5. The number of hydrogen-bond donors (Lipinski definition) is 1. The van der Waals surface area contributed by atoms with Gasteiger partial charge in [-0.1, -0.05) is 19.8 Å². The molecule has 0 aliphatic heterocycles. The van der Waals surface area contributed by atoms with Gasteiger partial charge in [0.25, 0.3) is 17.7 Å². The Labute approximate surface area is 178 Å². The van der Waals surface area contributed by atoms with Crippen molar-refractivity contribution < 1.29 is 19.0 Å². The van der Waals surface area contributed by atoms with Gasteiger partial charge in [0.1, 0.15) is 11.9 Å². The van der Waals surface area contributed by atoms with Gasteiger partial charge in [-0.05, 0) is 56.4 Å². The van der Waals surface area contributed by atoms with Gasteiger partial charge in [-0.15, -0.1) is 0 Å². The maximum absolute atomic E-state index is 12.6. The summed E-state index contributed by atoms with van der Waals surface area (Å²) in [6.07, 6.45) is 10.0. The molecule has 1 N–H and O–H groups in total. The van der Waals surface area contributed by atoms with E-state index in [4.69, 9.17) is 14.2 Å². The molecular weight excluding hydrogens is 382 g/mol. The first-order valence-electron chi connectivity index (χ1n) is 10.7. The third-order valence-electron chi connectivity index (χ3n) is 5.25.